The van der Waals surface area contributed by atoms with E-state index < -0.39 is 0 Å². The Morgan fingerprint density at radius 2 is 1.62 bits per heavy atom. The Balaban J connectivity index is 1.54. The van der Waals surface area contributed by atoms with Crippen molar-refractivity contribution in [3.05, 3.63) is 0 Å². The van der Waals surface area contributed by atoms with Crippen molar-refractivity contribution in [3.8, 4) is 0 Å². The van der Waals surface area contributed by atoms with Gasteiger partial charge >= 0.3 is 0 Å². The Labute approximate surface area is 127 Å². The maximum absolute atomic E-state index is 12.1. The average molecular weight is 292 g/mol. The molecule has 4 saturated carbocycles. The molecular formula is C17H28N2O2. The van der Waals surface area contributed by atoms with E-state index in [1.54, 1.807) is 0 Å². The van der Waals surface area contributed by atoms with Crippen LogP contribution in [-0.2, 0) is 9.59 Å². The molecule has 0 heterocycles. The molecule has 0 aliphatic heterocycles. The first-order valence-electron chi connectivity index (χ1n) is 8.50. The Morgan fingerprint density at radius 3 is 2.10 bits per heavy atom. The van der Waals surface area contributed by atoms with Crippen LogP contribution in [0.1, 0.15) is 58.8 Å². The zero-order valence-corrected chi connectivity index (χ0v) is 13.3. The lowest BCUT2D eigenvalue weighted by Gasteiger charge is -2.59. The van der Waals surface area contributed by atoms with Gasteiger partial charge in [0.25, 0.3) is 0 Å². The van der Waals surface area contributed by atoms with Gasteiger partial charge in [0.1, 0.15) is 0 Å². The summed E-state index contributed by atoms with van der Waals surface area (Å²) in [6, 6.07) is 0.274. The molecule has 1 atom stereocenters. The Morgan fingerprint density at radius 1 is 1.10 bits per heavy atom. The first-order chi connectivity index (χ1) is 9.97. The summed E-state index contributed by atoms with van der Waals surface area (Å²) in [5.41, 5.74) is 0.360. The van der Waals surface area contributed by atoms with Crippen LogP contribution in [0, 0.1) is 23.2 Å². The topological polar surface area (TPSA) is 58.2 Å². The monoisotopic (exact) mass is 292 g/mol. The predicted molar refractivity (Wildman–Crippen MR) is 81.5 cm³/mol. The second kappa shape index (κ2) is 5.62. The molecule has 4 bridgehead atoms. The molecule has 2 amide bonds. The lowest BCUT2D eigenvalue weighted by Crippen LogP contribution is -2.56. The maximum Gasteiger partial charge on any atom is 0.221 e. The lowest BCUT2D eigenvalue weighted by molar-refractivity contribution is -0.126. The first kappa shape index (κ1) is 14.9. The number of amides is 2. The normalized spacial score (nSPS) is 38.1. The van der Waals surface area contributed by atoms with Gasteiger partial charge in [-0.3, -0.25) is 9.59 Å². The fraction of sp³-hybridized carbons (Fsp3) is 0.882. The molecule has 4 nitrogen and oxygen atoms in total. The van der Waals surface area contributed by atoms with Crippen LogP contribution in [0.2, 0.25) is 0 Å². The van der Waals surface area contributed by atoms with Gasteiger partial charge in [-0.2, -0.15) is 0 Å². The molecule has 0 aromatic rings. The summed E-state index contributed by atoms with van der Waals surface area (Å²) < 4.78 is 0. The van der Waals surface area contributed by atoms with Crippen LogP contribution in [0.5, 0.6) is 0 Å². The highest BCUT2D eigenvalue weighted by atomic mass is 16.2. The zero-order valence-electron chi connectivity index (χ0n) is 13.3. The Hall–Kier alpha value is -1.06. The van der Waals surface area contributed by atoms with E-state index in [1.165, 1.54) is 45.4 Å². The van der Waals surface area contributed by atoms with Crippen molar-refractivity contribution in [3.63, 3.8) is 0 Å². The van der Waals surface area contributed by atoms with Crippen LogP contribution < -0.4 is 10.6 Å². The molecule has 4 rings (SSSR count). The van der Waals surface area contributed by atoms with Gasteiger partial charge in [0, 0.05) is 25.9 Å². The quantitative estimate of drug-likeness (QED) is 0.816. The van der Waals surface area contributed by atoms with E-state index in [-0.39, 0.29) is 17.9 Å². The van der Waals surface area contributed by atoms with Crippen LogP contribution in [0.15, 0.2) is 0 Å². The van der Waals surface area contributed by atoms with Gasteiger partial charge in [-0.25, -0.2) is 0 Å². The van der Waals surface area contributed by atoms with Gasteiger partial charge in [0.2, 0.25) is 11.8 Å². The number of carbonyl (C=O) groups is 2. The SMILES string of the molecule is CC(=O)NCCC(=O)NC(C)C12CC3CC(CC(C3)C1)C2. The molecule has 4 heteroatoms. The number of carbonyl (C=O) groups excluding carboxylic acids is 2. The maximum atomic E-state index is 12.1. The predicted octanol–water partition coefficient (Wildman–Crippen LogP) is 2.23. The third kappa shape index (κ3) is 3.09. The van der Waals surface area contributed by atoms with Gasteiger partial charge in [-0.1, -0.05) is 0 Å². The van der Waals surface area contributed by atoms with Gasteiger partial charge < -0.3 is 10.6 Å². The highest BCUT2D eigenvalue weighted by molar-refractivity contribution is 5.78. The van der Waals surface area contributed by atoms with Gasteiger partial charge in [-0.05, 0) is 68.6 Å². The molecule has 2 N–H and O–H groups in total. The van der Waals surface area contributed by atoms with Crippen molar-refractivity contribution in [2.45, 2.75) is 64.8 Å². The largest absolute Gasteiger partial charge is 0.356 e. The summed E-state index contributed by atoms with van der Waals surface area (Å²) >= 11 is 0. The van der Waals surface area contributed by atoms with E-state index in [4.69, 9.17) is 0 Å². The molecule has 118 valence electrons. The molecule has 1 unspecified atom stereocenters. The third-order valence-electron chi connectivity index (χ3n) is 6.11. The van der Waals surface area contributed by atoms with Crippen LogP contribution in [0.4, 0.5) is 0 Å². The molecule has 4 aliphatic carbocycles. The molecular weight excluding hydrogens is 264 g/mol. The van der Waals surface area contributed by atoms with Gasteiger partial charge in [0.15, 0.2) is 0 Å². The van der Waals surface area contributed by atoms with E-state index in [1.807, 2.05) is 0 Å². The minimum Gasteiger partial charge on any atom is -0.356 e. The van der Waals surface area contributed by atoms with Gasteiger partial charge in [0.05, 0.1) is 0 Å². The summed E-state index contributed by atoms with van der Waals surface area (Å²) in [5.74, 6) is 2.74. The molecule has 0 aromatic heterocycles. The van der Waals surface area contributed by atoms with Crippen molar-refractivity contribution in [1.82, 2.24) is 10.6 Å². The lowest BCUT2D eigenvalue weighted by atomic mass is 9.48. The second-order valence-corrected chi connectivity index (χ2v) is 7.80. The van der Waals surface area contributed by atoms with E-state index >= 15 is 0 Å². The van der Waals surface area contributed by atoms with Crippen molar-refractivity contribution >= 4 is 11.8 Å². The summed E-state index contributed by atoms with van der Waals surface area (Å²) in [6.07, 6.45) is 8.62. The van der Waals surface area contributed by atoms with Crippen molar-refractivity contribution in [2.24, 2.45) is 23.2 Å². The molecule has 4 fully saturated rings. The average Bonchev–Trinajstić information content (AvgIpc) is 2.36. The third-order valence-corrected chi connectivity index (χ3v) is 6.11. The van der Waals surface area contributed by atoms with Crippen molar-refractivity contribution in [2.75, 3.05) is 6.54 Å². The zero-order chi connectivity index (χ0) is 15.0. The summed E-state index contributed by atoms with van der Waals surface area (Å²) in [7, 11) is 0. The van der Waals surface area contributed by atoms with Crippen LogP contribution in [0.25, 0.3) is 0 Å². The summed E-state index contributed by atoms with van der Waals surface area (Å²) in [4.78, 5) is 22.9. The highest BCUT2D eigenvalue weighted by Gasteiger charge is 2.53. The van der Waals surface area contributed by atoms with Gasteiger partial charge in [-0.15, -0.1) is 0 Å². The van der Waals surface area contributed by atoms with E-state index in [9.17, 15) is 9.59 Å². The highest BCUT2D eigenvalue weighted by Crippen LogP contribution is 2.61. The van der Waals surface area contributed by atoms with E-state index in [0.717, 1.165) is 17.8 Å². The van der Waals surface area contributed by atoms with Crippen LogP contribution in [0.3, 0.4) is 0 Å². The fourth-order valence-electron chi connectivity index (χ4n) is 5.53. The standard InChI is InChI=1S/C17H28N2O2/c1-11(19-16(21)3-4-18-12(2)20)17-8-13-5-14(9-17)7-15(6-13)10-17/h11,13-15H,3-10H2,1-2H3,(H,18,20)(H,19,21). The minimum atomic E-state index is -0.0723. The van der Waals surface area contributed by atoms with E-state index in [0.29, 0.717) is 18.4 Å². The summed E-state index contributed by atoms with van der Waals surface area (Å²) in [6.45, 7) is 4.12. The second-order valence-electron chi connectivity index (χ2n) is 7.80. The Kier molecular flexibility index (Phi) is 3.98. The van der Waals surface area contributed by atoms with E-state index in [2.05, 4.69) is 17.6 Å². The summed E-state index contributed by atoms with van der Waals surface area (Å²) in [5, 5.41) is 5.91. The number of hydrogen-bond donors (Lipinski definition) is 2. The minimum absolute atomic E-state index is 0.0723. The number of rotatable bonds is 5. The molecule has 0 saturated heterocycles. The molecule has 0 aromatic carbocycles. The number of hydrogen-bond acceptors (Lipinski definition) is 2. The fourth-order valence-corrected chi connectivity index (χ4v) is 5.53. The molecule has 0 spiro atoms. The molecule has 21 heavy (non-hydrogen) atoms. The number of nitrogens with one attached hydrogen (secondary N) is 2. The van der Waals surface area contributed by atoms with Crippen LogP contribution in [-0.4, -0.2) is 24.4 Å². The van der Waals surface area contributed by atoms with Crippen molar-refractivity contribution < 1.29 is 9.59 Å². The molecule has 4 aliphatic rings. The van der Waals surface area contributed by atoms with Crippen molar-refractivity contribution in [1.29, 1.82) is 0 Å². The first-order valence-corrected chi connectivity index (χ1v) is 8.50. The molecule has 0 radical (unpaired) electrons. The Bertz CT molecular complexity index is 397. The smallest absolute Gasteiger partial charge is 0.221 e. The van der Waals surface area contributed by atoms with Crippen LogP contribution >= 0.6 is 0 Å².